The molecule has 0 saturated heterocycles. The van der Waals surface area contributed by atoms with Crippen LogP contribution in [0, 0.1) is 0 Å². The Labute approximate surface area is 91.0 Å². The molecule has 0 saturated carbocycles. The molecule has 14 heavy (non-hydrogen) atoms. The molecule has 0 spiro atoms. The minimum Gasteiger partial charge on any atom is -0.299 e. The highest BCUT2D eigenvalue weighted by Gasteiger charge is 2.05. The van der Waals surface area contributed by atoms with Crippen LogP contribution in [0.1, 0.15) is 11.1 Å². The largest absolute Gasteiger partial charge is 0.299 e. The van der Waals surface area contributed by atoms with Crippen molar-refractivity contribution in [2.75, 3.05) is 0 Å². The topological polar surface area (TPSA) is 17.1 Å². The van der Waals surface area contributed by atoms with Crippen LogP contribution in [0.2, 0.25) is 0 Å². The van der Waals surface area contributed by atoms with Gasteiger partial charge in [0.15, 0.2) is 0 Å². The van der Waals surface area contributed by atoms with Crippen LogP contribution in [0.4, 0.5) is 0 Å². The van der Waals surface area contributed by atoms with E-state index in [-0.39, 0.29) is 0 Å². The molecule has 0 aliphatic heterocycles. The molecule has 0 fully saturated rings. The van der Waals surface area contributed by atoms with Gasteiger partial charge in [-0.05, 0) is 44.8 Å². The second kappa shape index (κ2) is 4.53. The van der Waals surface area contributed by atoms with Gasteiger partial charge in [0.1, 0.15) is 5.78 Å². The highest BCUT2D eigenvalue weighted by Crippen LogP contribution is 2.11. The van der Waals surface area contributed by atoms with E-state index in [0.29, 0.717) is 18.6 Å². The van der Waals surface area contributed by atoms with Crippen molar-refractivity contribution < 1.29 is 4.79 Å². The van der Waals surface area contributed by atoms with Crippen LogP contribution in [0.25, 0.3) is 0 Å². The summed E-state index contributed by atoms with van der Waals surface area (Å²) in [6, 6.07) is 4.02. The second-order valence-electron chi connectivity index (χ2n) is 3.16. The van der Waals surface area contributed by atoms with Crippen LogP contribution in [0.15, 0.2) is 33.7 Å². The fraction of sp³-hybridized carbons (Fsp3) is 0.182. The highest BCUT2D eigenvalue weighted by atomic mass is 32.1. The van der Waals surface area contributed by atoms with Crippen LogP contribution < -0.4 is 0 Å². The van der Waals surface area contributed by atoms with Gasteiger partial charge in [-0.1, -0.05) is 0 Å². The molecule has 0 amide bonds. The maximum atomic E-state index is 11.6. The summed E-state index contributed by atoms with van der Waals surface area (Å²) in [5, 5.41) is 8.08. The molecule has 2 rings (SSSR count). The van der Waals surface area contributed by atoms with Crippen LogP contribution in [-0.2, 0) is 17.6 Å². The fourth-order valence-corrected chi connectivity index (χ4v) is 2.64. The summed E-state index contributed by atoms with van der Waals surface area (Å²) < 4.78 is 0. The first-order valence-electron chi connectivity index (χ1n) is 4.38. The summed E-state index contributed by atoms with van der Waals surface area (Å²) >= 11 is 3.28. The smallest absolute Gasteiger partial charge is 0.141 e. The van der Waals surface area contributed by atoms with E-state index in [4.69, 9.17) is 0 Å². The molecular weight excluding hydrogens is 212 g/mol. The first-order chi connectivity index (χ1) is 6.84. The summed E-state index contributed by atoms with van der Waals surface area (Å²) in [6.45, 7) is 0. The molecule has 0 radical (unpaired) electrons. The summed E-state index contributed by atoms with van der Waals surface area (Å²) in [5.41, 5.74) is 2.27. The van der Waals surface area contributed by atoms with Crippen molar-refractivity contribution in [1.29, 1.82) is 0 Å². The molecule has 0 N–H and O–H groups in total. The monoisotopic (exact) mass is 222 g/mol. The average Bonchev–Trinajstić information content (AvgIpc) is 2.76. The summed E-state index contributed by atoms with van der Waals surface area (Å²) in [6.07, 6.45) is 1.14. The molecular formula is C11H10OS2. The Balaban J connectivity index is 1.91. The van der Waals surface area contributed by atoms with E-state index in [1.54, 1.807) is 22.7 Å². The van der Waals surface area contributed by atoms with Crippen molar-refractivity contribution in [2.24, 2.45) is 0 Å². The third kappa shape index (κ3) is 2.53. The van der Waals surface area contributed by atoms with Crippen LogP contribution in [0.5, 0.6) is 0 Å². The summed E-state index contributed by atoms with van der Waals surface area (Å²) in [7, 11) is 0. The third-order valence-electron chi connectivity index (χ3n) is 1.96. The van der Waals surface area contributed by atoms with Gasteiger partial charge in [0.25, 0.3) is 0 Å². The third-order valence-corrected chi connectivity index (χ3v) is 3.43. The number of rotatable bonds is 4. The zero-order chi connectivity index (χ0) is 9.80. The summed E-state index contributed by atoms with van der Waals surface area (Å²) in [5.74, 6) is 0.293. The fourth-order valence-electron chi connectivity index (χ4n) is 1.30. The van der Waals surface area contributed by atoms with Crippen LogP contribution in [-0.4, -0.2) is 5.78 Å². The zero-order valence-corrected chi connectivity index (χ0v) is 9.24. The number of hydrogen-bond acceptors (Lipinski definition) is 3. The van der Waals surface area contributed by atoms with Crippen molar-refractivity contribution in [1.82, 2.24) is 0 Å². The Morgan fingerprint density at radius 3 is 1.86 bits per heavy atom. The van der Waals surface area contributed by atoms with E-state index in [1.165, 1.54) is 0 Å². The normalized spacial score (nSPS) is 10.3. The van der Waals surface area contributed by atoms with Gasteiger partial charge < -0.3 is 0 Å². The van der Waals surface area contributed by atoms with Gasteiger partial charge in [-0.15, -0.1) is 0 Å². The predicted octanol–water partition coefficient (Wildman–Crippen LogP) is 3.16. The molecule has 2 heterocycles. The van der Waals surface area contributed by atoms with Gasteiger partial charge in [-0.3, -0.25) is 4.79 Å². The SMILES string of the molecule is O=C(Cc1ccsc1)Cc1ccsc1. The van der Waals surface area contributed by atoms with E-state index >= 15 is 0 Å². The predicted molar refractivity (Wildman–Crippen MR) is 61.1 cm³/mol. The molecule has 0 bridgehead atoms. The molecule has 0 aromatic carbocycles. The van der Waals surface area contributed by atoms with E-state index in [2.05, 4.69) is 0 Å². The minimum atomic E-state index is 0.293. The Morgan fingerprint density at radius 1 is 1.00 bits per heavy atom. The first-order valence-corrected chi connectivity index (χ1v) is 6.27. The van der Waals surface area contributed by atoms with Gasteiger partial charge in [0.05, 0.1) is 0 Å². The van der Waals surface area contributed by atoms with Crippen molar-refractivity contribution in [3.63, 3.8) is 0 Å². The Bertz CT molecular complexity index is 349. The molecule has 0 aliphatic carbocycles. The van der Waals surface area contributed by atoms with E-state index < -0.39 is 0 Å². The standard InChI is InChI=1S/C11H10OS2/c12-11(5-9-1-3-13-7-9)6-10-2-4-14-8-10/h1-4,7-8H,5-6H2. The lowest BCUT2D eigenvalue weighted by Crippen LogP contribution is -2.04. The van der Waals surface area contributed by atoms with E-state index in [9.17, 15) is 4.79 Å². The lowest BCUT2D eigenvalue weighted by Gasteiger charge is -1.96. The molecule has 0 atom stereocenters. The minimum absolute atomic E-state index is 0.293. The Hall–Kier alpha value is -0.930. The van der Waals surface area contributed by atoms with Crippen LogP contribution >= 0.6 is 22.7 Å². The van der Waals surface area contributed by atoms with Crippen molar-refractivity contribution in [2.45, 2.75) is 12.8 Å². The van der Waals surface area contributed by atoms with Crippen LogP contribution in [0.3, 0.4) is 0 Å². The number of carbonyl (C=O) groups is 1. The van der Waals surface area contributed by atoms with Gasteiger partial charge in [0, 0.05) is 12.8 Å². The molecule has 0 aliphatic rings. The molecule has 2 aromatic rings. The summed E-state index contributed by atoms with van der Waals surface area (Å²) in [4.78, 5) is 11.6. The van der Waals surface area contributed by atoms with E-state index in [1.807, 2.05) is 33.7 Å². The number of carbonyl (C=O) groups excluding carboxylic acids is 1. The number of hydrogen-bond donors (Lipinski definition) is 0. The van der Waals surface area contributed by atoms with Gasteiger partial charge >= 0.3 is 0 Å². The lowest BCUT2D eigenvalue weighted by molar-refractivity contribution is -0.117. The first kappa shape index (κ1) is 9.62. The quantitative estimate of drug-likeness (QED) is 0.776. The van der Waals surface area contributed by atoms with Gasteiger partial charge in [-0.2, -0.15) is 22.7 Å². The average molecular weight is 222 g/mol. The zero-order valence-electron chi connectivity index (χ0n) is 7.60. The Kier molecular flexibility index (Phi) is 3.11. The maximum Gasteiger partial charge on any atom is 0.141 e. The molecule has 72 valence electrons. The van der Waals surface area contributed by atoms with Crippen molar-refractivity contribution >= 4 is 28.5 Å². The van der Waals surface area contributed by atoms with Crippen molar-refractivity contribution in [3.8, 4) is 0 Å². The number of ketones is 1. The molecule has 1 nitrogen and oxygen atoms in total. The van der Waals surface area contributed by atoms with E-state index in [0.717, 1.165) is 11.1 Å². The maximum absolute atomic E-state index is 11.6. The molecule has 2 aromatic heterocycles. The van der Waals surface area contributed by atoms with Gasteiger partial charge in [0.2, 0.25) is 0 Å². The highest BCUT2D eigenvalue weighted by molar-refractivity contribution is 7.08. The van der Waals surface area contributed by atoms with Crippen molar-refractivity contribution in [3.05, 3.63) is 44.8 Å². The second-order valence-corrected chi connectivity index (χ2v) is 4.72. The Morgan fingerprint density at radius 2 is 1.50 bits per heavy atom. The lowest BCUT2D eigenvalue weighted by atomic mass is 10.1. The molecule has 0 unspecified atom stereocenters. The molecule has 3 heteroatoms. The number of Topliss-reactive ketones (excluding diaryl/α,β-unsaturated/α-hetero) is 1. The number of thiophene rings is 2. The van der Waals surface area contributed by atoms with Gasteiger partial charge in [-0.25, -0.2) is 0 Å².